The minimum atomic E-state index is 0.603. The van der Waals surface area contributed by atoms with Crippen molar-refractivity contribution in [2.45, 2.75) is 13.0 Å². The topological polar surface area (TPSA) is 29.1 Å². The number of piperazine rings is 1. The van der Waals surface area contributed by atoms with E-state index >= 15 is 0 Å². The first-order chi connectivity index (χ1) is 7.31. The van der Waals surface area contributed by atoms with Crippen LogP contribution < -0.4 is 15.0 Å². The van der Waals surface area contributed by atoms with Crippen LogP contribution in [0.15, 0.2) is 24.3 Å². The molecular formula is C12H19N2O+. The third-order valence-electron chi connectivity index (χ3n) is 3.00. The molecule has 1 atom stereocenters. The SMILES string of the molecule is COc1cccc(N2CC[NH2+]C[C@@H]2C)c1. The first-order valence-electron chi connectivity index (χ1n) is 5.53. The highest BCUT2D eigenvalue weighted by molar-refractivity contribution is 5.51. The smallest absolute Gasteiger partial charge is 0.120 e. The van der Waals surface area contributed by atoms with Crippen molar-refractivity contribution in [2.24, 2.45) is 0 Å². The molecule has 3 heteroatoms. The Hall–Kier alpha value is -1.22. The maximum atomic E-state index is 5.25. The molecule has 0 bridgehead atoms. The van der Waals surface area contributed by atoms with Crippen LogP contribution in [0.25, 0.3) is 0 Å². The molecule has 1 aliphatic heterocycles. The quantitative estimate of drug-likeness (QED) is 0.763. The van der Waals surface area contributed by atoms with Crippen molar-refractivity contribution in [1.29, 1.82) is 0 Å². The van der Waals surface area contributed by atoms with Gasteiger partial charge in [-0.1, -0.05) is 6.07 Å². The van der Waals surface area contributed by atoms with Crippen LogP contribution in [0.3, 0.4) is 0 Å². The minimum Gasteiger partial charge on any atom is -0.497 e. The van der Waals surface area contributed by atoms with Gasteiger partial charge < -0.3 is 15.0 Å². The summed E-state index contributed by atoms with van der Waals surface area (Å²) < 4.78 is 5.25. The summed E-state index contributed by atoms with van der Waals surface area (Å²) in [5.41, 5.74) is 1.27. The van der Waals surface area contributed by atoms with E-state index in [4.69, 9.17) is 4.74 Å². The van der Waals surface area contributed by atoms with Gasteiger partial charge in [0.2, 0.25) is 0 Å². The molecule has 1 aromatic rings. The summed E-state index contributed by atoms with van der Waals surface area (Å²) in [4.78, 5) is 2.45. The molecule has 0 aliphatic carbocycles. The van der Waals surface area contributed by atoms with Crippen LogP contribution in [-0.4, -0.2) is 32.8 Å². The number of rotatable bonds is 2. The van der Waals surface area contributed by atoms with Gasteiger partial charge >= 0.3 is 0 Å². The fourth-order valence-electron chi connectivity index (χ4n) is 2.11. The number of nitrogens with two attached hydrogens (primary N) is 1. The molecule has 3 nitrogen and oxygen atoms in total. The van der Waals surface area contributed by atoms with Gasteiger partial charge in [0, 0.05) is 11.8 Å². The zero-order valence-corrected chi connectivity index (χ0v) is 9.44. The zero-order chi connectivity index (χ0) is 10.7. The molecule has 0 aromatic heterocycles. The van der Waals surface area contributed by atoms with Crippen LogP contribution in [0, 0.1) is 0 Å². The van der Waals surface area contributed by atoms with E-state index in [1.165, 1.54) is 18.8 Å². The average Bonchev–Trinajstić information content (AvgIpc) is 2.30. The molecule has 0 unspecified atom stereocenters. The van der Waals surface area contributed by atoms with Gasteiger partial charge in [0.25, 0.3) is 0 Å². The van der Waals surface area contributed by atoms with Crippen molar-refractivity contribution in [1.82, 2.24) is 0 Å². The van der Waals surface area contributed by atoms with Crippen LogP contribution in [0.1, 0.15) is 6.92 Å². The first-order valence-corrected chi connectivity index (χ1v) is 5.53. The average molecular weight is 207 g/mol. The van der Waals surface area contributed by atoms with Crippen molar-refractivity contribution >= 4 is 5.69 Å². The number of ether oxygens (including phenoxy) is 1. The van der Waals surface area contributed by atoms with Gasteiger partial charge in [-0.15, -0.1) is 0 Å². The van der Waals surface area contributed by atoms with E-state index in [-0.39, 0.29) is 0 Å². The molecule has 1 fully saturated rings. The number of nitrogens with zero attached hydrogens (tertiary/aromatic N) is 1. The lowest BCUT2D eigenvalue weighted by molar-refractivity contribution is -0.659. The fraction of sp³-hybridized carbons (Fsp3) is 0.500. The molecule has 15 heavy (non-hydrogen) atoms. The normalized spacial score (nSPS) is 21.5. The number of anilines is 1. The van der Waals surface area contributed by atoms with Crippen molar-refractivity contribution in [2.75, 3.05) is 31.6 Å². The molecule has 0 amide bonds. The van der Waals surface area contributed by atoms with Gasteiger partial charge in [-0.2, -0.15) is 0 Å². The fourth-order valence-corrected chi connectivity index (χ4v) is 2.11. The number of hydrogen-bond donors (Lipinski definition) is 1. The number of quaternary nitrogens is 1. The predicted molar refractivity (Wildman–Crippen MR) is 61.5 cm³/mol. The Morgan fingerprint density at radius 3 is 3.07 bits per heavy atom. The van der Waals surface area contributed by atoms with Crippen molar-refractivity contribution in [3.05, 3.63) is 24.3 Å². The van der Waals surface area contributed by atoms with E-state index in [0.717, 1.165) is 12.3 Å². The molecule has 1 saturated heterocycles. The second kappa shape index (κ2) is 4.53. The van der Waals surface area contributed by atoms with Gasteiger partial charge in [-0.05, 0) is 19.1 Å². The van der Waals surface area contributed by atoms with Crippen LogP contribution in [0.2, 0.25) is 0 Å². The van der Waals surface area contributed by atoms with Gasteiger partial charge in [0.05, 0.1) is 32.8 Å². The van der Waals surface area contributed by atoms with Crippen LogP contribution >= 0.6 is 0 Å². The lowest BCUT2D eigenvalue weighted by Gasteiger charge is -2.33. The Kier molecular flexibility index (Phi) is 3.11. The summed E-state index contributed by atoms with van der Waals surface area (Å²) in [7, 11) is 1.71. The second-order valence-electron chi connectivity index (χ2n) is 4.06. The summed E-state index contributed by atoms with van der Waals surface area (Å²) in [5.74, 6) is 0.939. The molecule has 1 heterocycles. The van der Waals surface area contributed by atoms with Crippen LogP contribution in [-0.2, 0) is 0 Å². The van der Waals surface area contributed by atoms with Crippen molar-refractivity contribution in [3.63, 3.8) is 0 Å². The molecule has 0 spiro atoms. The van der Waals surface area contributed by atoms with Gasteiger partial charge in [-0.3, -0.25) is 0 Å². The predicted octanol–water partition coefficient (Wildman–Crippen LogP) is 0.467. The van der Waals surface area contributed by atoms with Gasteiger partial charge in [-0.25, -0.2) is 0 Å². The Labute approximate surface area is 91.0 Å². The molecule has 1 aromatic carbocycles. The number of methoxy groups -OCH3 is 1. The summed E-state index contributed by atoms with van der Waals surface area (Å²) >= 11 is 0. The lowest BCUT2D eigenvalue weighted by Crippen LogP contribution is -2.91. The van der Waals surface area contributed by atoms with E-state index in [2.05, 4.69) is 35.3 Å². The van der Waals surface area contributed by atoms with Crippen molar-refractivity contribution in [3.8, 4) is 5.75 Å². The Balaban J connectivity index is 2.19. The number of benzene rings is 1. The third-order valence-corrected chi connectivity index (χ3v) is 3.00. The molecule has 0 saturated carbocycles. The molecular weight excluding hydrogens is 188 g/mol. The monoisotopic (exact) mass is 207 g/mol. The highest BCUT2D eigenvalue weighted by Crippen LogP contribution is 2.22. The summed E-state index contributed by atoms with van der Waals surface area (Å²) in [6.07, 6.45) is 0. The standard InChI is InChI=1S/C12H18N2O/c1-10-9-13-6-7-14(10)11-4-3-5-12(8-11)15-2/h3-5,8,10,13H,6-7,9H2,1-2H3/p+1/t10-/m0/s1. The van der Waals surface area contributed by atoms with Gasteiger partial charge in [0.15, 0.2) is 0 Å². The van der Waals surface area contributed by atoms with E-state index < -0.39 is 0 Å². The van der Waals surface area contributed by atoms with Crippen LogP contribution in [0.5, 0.6) is 5.75 Å². The van der Waals surface area contributed by atoms with Gasteiger partial charge in [0.1, 0.15) is 5.75 Å². The molecule has 82 valence electrons. The summed E-state index contributed by atoms with van der Waals surface area (Å²) in [5, 5.41) is 2.38. The lowest BCUT2D eigenvalue weighted by atomic mass is 10.2. The molecule has 0 radical (unpaired) electrons. The maximum Gasteiger partial charge on any atom is 0.120 e. The van der Waals surface area contributed by atoms with E-state index in [1.54, 1.807) is 7.11 Å². The largest absolute Gasteiger partial charge is 0.497 e. The Morgan fingerprint density at radius 2 is 2.33 bits per heavy atom. The number of hydrogen-bond acceptors (Lipinski definition) is 2. The highest BCUT2D eigenvalue weighted by Gasteiger charge is 2.20. The minimum absolute atomic E-state index is 0.603. The first kappa shape index (κ1) is 10.3. The molecule has 2 rings (SSSR count). The van der Waals surface area contributed by atoms with E-state index in [9.17, 15) is 0 Å². The summed E-state index contributed by atoms with van der Waals surface area (Å²) in [6, 6.07) is 8.92. The summed E-state index contributed by atoms with van der Waals surface area (Å²) in [6.45, 7) is 5.75. The zero-order valence-electron chi connectivity index (χ0n) is 9.44. The Morgan fingerprint density at radius 1 is 1.47 bits per heavy atom. The second-order valence-corrected chi connectivity index (χ2v) is 4.06. The third kappa shape index (κ3) is 2.23. The Bertz CT molecular complexity index is 327. The van der Waals surface area contributed by atoms with Crippen molar-refractivity contribution < 1.29 is 10.1 Å². The van der Waals surface area contributed by atoms with E-state index in [1.807, 2.05) is 6.07 Å². The molecule has 2 N–H and O–H groups in total. The molecule has 1 aliphatic rings. The van der Waals surface area contributed by atoms with E-state index in [0.29, 0.717) is 6.04 Å². The maximum absolute atomic E-state index is 5.25. The van der Waals surface area contributed by atoms with Crippen LogP contribution in [0.4, 0.5) is 5.69 Å². The highest BCUT2D eigenvalue weighted by atomic mass is 16.5.